The van der Waals surface area contributed by atoms with Gasteiger partial charge in [-0.05, 0) is 77.0 Å². The third-order valence-electron chi connectivity index (χ3n) is 6.33. The second-order valence-electron chi connectivity index (χ2n) is 9.17. The number of nitrogens with one attached hydrogen (secondary N) is 1. The third-order valence-corrected chi connectivity index (χ3v) is 6.95. The van der Waals surface area contributed by atoms with Gasteiger partial charge in [0.25, 0.3) is 5.91 Å². The van der Waals surface area contributed by atoms with Crippen LogP contribution in [0.4, 0.5) is 0 Å². The van der Waals surface area contributed by atoms with Crippen molar-refractivity contribution in [2.45, 2.75) is 71.0 Å². The van der Waals surface area contributed by atoms with Crippen molar-refractivity contribution in [3.05, 3.63) is 58.1 Å². The Morgan fingerprint density at radius 2 is 1.85 bits per heavy atom. The molecule has 0 bridgehead atoms. The van der Waals surface area contributed by atoms with Crippen LogP contribution in [0.3, 0.4) is 0 Å². The Labute approximate surface area is 211 Å². The number of rotatable bonds is 10. The Morgan fingerprint density at radius 1 is 1.12 bits per heavy atom. The lowest BCUT2D eigenvalue weighted by molar-refractivity contribution is -0.142. The van der Waals surface area contributed by atoms with Crippen LogP contribution in [0.2, 0.25) is 0 Å². The maximum absolute atomic E-state index is 13.3. The fourth-order valence-electron chi connectivity index (χ4n) is 4.16. The molecule has 0 unspecified atom stereocenters. The first-order valence-corrected chi connectivity index (χ1v) is 12.7. The summed E-state index contributed by atoms with van der Waals surface area (Å²) in [6.45, 7) is 6.15. The molecule has 2 aromatic carbocycles. The van der Waals surface area contributed by atoms with Crippen molar-refractivity contribution >= 4 is 27.7 Å². The van der Waals surface area contributed by atoms with E-state index in [1.165, 1.54) is 5.56 Å². The molecule has 0 radical (unpaired) electrons. The number of carbonyl (C=O) groups excluding carboxylic acids is 2. The molecule has 0 aliphatic heterocycles. The van der Waals surface area contributed by atoms with Crippen molar-refractivity contribution in [2.24, 2.45) is 0 Å². The number of carbonyl (C=O) groups is 2. The van der Waals surface area contributed by atoms with Gasteiger partial charge in [0, 0.05) is 12.6 Å². The molecule has 0 spiro atoms. The first-order chi connectivity index (χ1) is 16.3. The number of methoxy groups -OCH3 is 1. The van der Waals surface area contributed by atoms with Crippen molar-refractivity contribution in [2.75, 3.05) is 13.7 Å². The van der Waals surface area contributed by atoms with Gasteiger partial charge in [-0.3, -0.25) is 9.59 Å². The molecule has 1 N–H and O–H groups in total. The minimum absolute atomic E-state index is 0.134. The lowest BCUT2D eigenvalue weighted by atomic mass is 10.0. The van der Waals surface area contributed by atoms with Crippen LogP contribution in [0.5, 0.6) is 11.5 Å². The first-order valence-electron chi connectivity index (χ1n) is 11.9. The second-order valence-corrected chi connectivity index (χ2v) is 10.0. The highest BCUT2D eigenvalue weighted by molar-refractivity contribution is 9.10. The molecule has 2 amide bonds. The molecule has 2 aromatic rings. The van der Waals surface area contributed by atoms with Crippen LogP contribution in [-0.2, 0) is 16.1 Å². The van der Waals surface area contributed by atoms with Crippen molar-refractivity contribution in [1.29, 1.82) is 0 Å². The zero-order valence-corrected chi connectivity index (χ0v) is 22.1. The third kappa shape index (κ3) is 6.98. The molecule has 34 heavy (non-hydrogen) atoms. The number of ether oxygens (including phenoxy) is 2. The maximum atomic E-state index is 13.3. The van der Waals surface area contributed by atoms with Crippen molar-refractivity contribution in [3.8, 4) is 11.5 Å². The molecule has 1 atom stereocenters. The van der Waals surface area contributed by atoms with E-state index in [0.29, 0.717) is 17.4 Å². The van der Waals surface area contributed by atoms with E-state index in [1.54, 1.807) is 18.9 Å². The van der Waals surface area contributed by atoms with Crippen molar-refractivity contribution in [1.82, 2.24) is 10.2 Å². The van der Waals surface area contributed by atoms with E-state index < -0.39 is 6.04 Å². The predicted molar refractivity (Wildman–Crippen MR) is 137 cm³/mol. The first kappa shape index (κ1) is 26.1. The molecule has 0 heterocycles. The van der Waals surface area contributed by atoms with Crippen LogP contribution in [0.25, 0.3) is 0 Å². The van der Waals surface area contributed by atoms with Crippen molar-refractivity contribution in [3.63, 3.8) is 0 Å². The van der Waals surface area contributed by atoms with Gasteiger partial charge in [-0.25, -0.2) is 0 Å². The van der Waals surface area contributed by atoms with Gasteiger partial charge in [0.1, 0.15) is 17.5 Å². The summed E-state index contributed by atoms with van der Waals surface area (Å²) >= 11 is 3.55. The molecular formula is C27H35BrN2O4. The summed E-state index contributed by atoms with van der Waals surface area (Å²) in [5, 5.41) is 3.12. The summed E-state index contributed by atoms with van der Waals surface area (Å²) in [7, 11) is 1.61. The normalized spacial score (nSPS) is 14.6. The molecule has 6 nitrogen and oxygen atoms in total. The molecule has 3 rings (SSSR count). The Balaban J connectivity index is 1.74. The van der Waals surface area contributed by atoms with Crippen LogP contribution >= 0.6 is 15.9 Å². The SMILES string of the molecule is COc1cccc(CN(C(=O)COc2ccc(C(C)C)cc2Br)[C@H](C)C(=O)NC2CCCC2)c1. The van der Waals surface area contributed by atoms with Crippen LogP contribution in [-0.4, -0.2) is 42.5 Å². The van der Waals surface area contributed by atoms with E-state index >= 15 is 0 Å². The average Bonchev–Trinajstić information content (AvgIpc) is 3.34. The molecule has 1 aliphatic carbocycles. The van der Waals surface area contributed by atoms with E-state index in [0.717, 1.165) is 35.7 Å². The van der Waals surface area contributed by atoms with Crippen LogP contribution in [0, 0.1) is 0 Å². The predicted octanol–water partition coefficient (Wildman–Crippen LogP) is 5.44. The number of halogens is 1. The number of nitrogens with zero attached hydrogens (tertiary/aromatic N) is 1. The highest BCUT2D eigenvalue weighted by Crippen LogP contribution is 2.29. The standard InChI is InChI=1S/C27H35BrN2O4/c1-18(2)21-12-13-25(24(28)15-21)34-17-26(31)30(16-20-8-7-11-23(14-20)33-4)19(3)27(32)29-22-9-5-6-10-22/h7-8,11-15,18-19,22H,5-6,9-10,16-17H2,1-4H3,(H,29,32)/t19-/m1/s1. The summed E-state index contributed by atoms with van der Waals surface area (Å²) < 4.78 is 12.0. The van der Waals surface area contributed by atoms with Crippen LogP contribution < -0.4 is 14.8 Å². The van der Waals surface area contributed by atoms with Gasteiger partial charge < -0.3 is 19.7 Å². The van der Waals surface area contributed by atoms with Crippen LogP contribution in [0.1, 0.15) is 63.5 Å². The number of benzene rings is 2. The Morgan fingerprint density at radius 3 is 2.50 bits per heavy atom. The number of hydrogen-bond donors (Lipinski definition) is 1. The Bertz CT molecular complexity index is 988. The monoisotopic (exact) mass is 530 g/mol. The van der Waals surface area contributed by atoms with Gasteiger partial charge in [-0.1, -0.05) is 44.9 Å². The van der Waals surface area contributed by atoms with Gasteiger partial charge in [0.15, 0.2) is 6.61 Å². The second kappa shape index (κ2) is 12.2. The van der Waals surface area contributed by atoms with Gasteiger partial charge >= 0.3 is 0 Å². The Kier molecular flexibility index (Phi) is 9.39. The van der Waals surface area contributed by atoms with Crippen LogP contribution in [0.15, 0.2) is 46.9 Å². The fourth-order valence-corrected chi connectivity index (χ4v) is 4.67. The molecular weight excluding hydrogens is 496 g/mol. The molecule has 7 heteroatoms. The summed E-state index contributed by atoms with van der Waals surface area (Å²) in [4.78, 5) is 27.9. The summed E-state index contributed by atoms with van der Waals surface area (Å²) in [6.07, 6.45) is 4.24. The molecule has 184 valence electrons. The highest BCUT2D eigenvalue weighted by atomic mass is 79.9. The molecule has 1 fully saturated rings. The molecule has 1 aliphatic rings. The minimum atomic E-state index is -0.630. The maximum Gasteiger partial charge on any atom is 0.261 e. The average molecular weight is 531 g/mol. The fraction of sp³-hybridized carbons (Fsp3) is 0.481. The topological polar surface area (TPSA) is 67.9 Å². The lowest BCUT2D eigenvalue weighted by Crippen LogP contribution is -2.50. The quantitative estimate of drug-likeness (QED) is 0.444. The van der Waals surface area contributed by atoms with Gasteiger partial charge in [0.05, 0.1) is 11.6 Å². The zero-order chi connectivity index (χ0) is 24.7. The Hall–Kier alpha value is -2.54. The summed E-state index contributed by atoms with van der Waals surface area (Å²) in [5.41, 5.74) is 2.07. The minimum Gasteiger partial charge on any atom is -0.497 e. The summed E-state index contributed by atoms with van der Waals surface area (Å²) in [6, 6.07) is 13.0. The van der Waals surface area contributed by atoms with E-state index in [4.69, 9.17) is 9.47 Å². The van der Waals surface area contributed by atoms with Gasteiger partial charge in [-0.15, -0.1) is 0 Å². The van der Waals surface area contributed by atoms with Crippen molar-refractivity contribution < 1.29 is 19.1 Å². The van der Waals surface area contributed by atoms with E-state index in [1.807, 2.05) is 42.5 Å². The van der Waals surface area contributed by atoms with Gasteiger partial charge in [0.2, 0.25) is 5.91 Å². The highest BCUT2D eigenvalue weighted by Gasteiger charge is 2.29. The largest absolute Gasteiger partial charge is 0.497 e. The smallest absolute Gasteiger partial charge is 0.261 e. The summed E-state index contributed by atoms with van der Waals surface area (Å²) in [5.74, 6) is 1.31. The lowest BCUT2D eigenvalue weighted by Gasteiger charge is -2.30. The van der Waals surface area contributed by atoms with E-state index in [-0.39, 0.29) is 31.0 Å². The number of amides is 2. The molecule has 1 saturated carbocycles. The van der Waals surface area contributed by atoms with E-state index in [9.17, 15) is 9.59 Å². The molecule has 0 saturated heterocycles. The zero-order valence-electron chi connectivity index (χ0n) is 20.5. The number of hydrogen-bond acceptors (Lipinski definition) is 4. The molecule has 0 aromatic heterocycles. The van der Waals surface area contributed by atoms with Gasteiger partial charge in [-0.2, -0.15) is 0 Å². The van der Waals surface area contributed by atoms with E-state index in [2.05, 4.69) is 35.1 Å².